The third kappa shape index (κ3) is 3.57. The number of methoxy groups -OCH3 is 1. The number of carbonyl (C=O) groups is 2. The van der Waals surface area contributed by atoms with E-state index in [4.69, 9.17) is 0 Å². The maximum Gasteiger partial charge on any atom is 0.358 e. The maximum atomic E-state index is 11.6. The molecule has 19 heavy (non-hydrogen) atoms. The Hall–Kier alpha value is -0.880. The minimum Gasteiger partial charge on any atom is -0.464 e. The van der Waals surface area contributed by atoms with Gasteiger partial charge in [0.15, 0.2) is 11.5 Å². The van der Waals surface area contributed by atoms with Crippen molar-refractivity contribution in [1.29, 1.82) is 0 Å². The smallest absolute Gasteiger partial charge is 0.358 e. The molecule has 0 aromatic carbocycles. The summed E-state index contributed by atoms with van der Waals surface area (Å²) in [4.78, 5) is 27.8. The molecule has 0 amide bonds. The van der Waals surface area contributed by atoms with Gasteiger partial charge >= 0.3 is 5.97 Å². The summed E-state index contributed by atoms with van der Waals surface area (Å²) in [5.74, 6) is 0.112. The van der Waals surface area contributed by atoms with Crippen LogP contribution >= 0.6 is 23.1 Å². The second-order valence-corrected chi connectivity index (χ2v) is 6.92. The molecule has 1 aromatic heterocycles. The van der Waals surface area contributed by atoms with Crippen molar-refractivity contribution < 1.29 is 14.3 Å². The van der Waals surface area contributed by atoms with E-state index in [2.05, 4.69) is 9.72 Å². The largest absolute Gasteiger partial charge is 0.464 e. The van der Waals surface area contributed by atoms with Gasteiger partial charge in [-0.25, -0.2) is 9.78 Å². The first-order chi connectivity index (χ1) is 9.11. The minimum atomic E-state index is -0.529. The number of hydrogen-bond donors (Lipinski definition) is 0. The lowest BCUT2D eigenvalue weighted by atomic mass is 10.3. The average molecular weight is 299 g/mol. The van der Waals surface area contributed by atoms with Gasteiger partial charge in [0.05, 0.1) is 7.11 Å². The first-order valence-corrected chi connectivity index (χ1v) is 8.19. The van der Waals surface area contributed by atoms with Crippen LogP contribution in [0.5, 0.6) is 0 Å². The summed E-state index contributed by atoms with van der Waals surface area (Å²) in [5, 5.41) is 1.54. The van der Waals surface area contributed by atoms with E-state index in [9.17, 15) is 9.59 Å². The standard InChI is InChI=1S/C13H17NO3S2/c1-8(15)12-11(13(16)17-2)14-10(19-12)7-18-9-5-3-4-6-9/h9H,3-7H2,1-2H3. The topological polar surface area (TPSA) is 56.3 Å². The molecule has 0 unspecified atom stereocenters. The number of thioether (sulfide) groups is 1. The van der Waals surface area contributed by atoms with Crippen molar-refractivity contribution in [2.75, 3.05) is 7.11 Å². The second-order valence-electron chi connectivity index (χ2n) is 4.55. The molecule has 0 bridgehead atoms. The Morgan fingerprint density at radius 1 is 1.42 bits per heavy atom. The van der Waals surface area contributed by atoms with Crippen molar-refractivity contribution in [3.63, 3.8) is 0 Å². The Kier molecular flexibility index (Phi) is 4.99. The van der Waals surface area contributed by atoms with Gasteiger partial charge < -0.3 is 4.74 Å². The molecule has 0 saturated heterocycles. The van der Waals surface area contributed by atoms with Crippen LogP contribution in [0.1, 0.15) is 57.8 Å². The number of nitrogens with zero attached hydrogens (tertiary/aromatic N) is 1. The van der Waals surface area contributed by atoms with Gasteiger partial charge in [-0.15, -0.1) is 11.3 Å². The lowest BCUT2D eigenvalue weighted by Gasteiger charge is -2.05. The maximum absolute atomic E-state index is 11.6. The highest BCUT2D eigenvalue weighted by Crippen LogP contribution is 2.33. The Morgan fingerprint density at radius 3 is 2.68 bits per heavy atom. The molecule has 1 saturated carbocycles. The van der Waals surface area contributed by atoms with Gasteiger partial charge in [-0.1, -0.05) is 12.8 Å². The van der Waals surface area contributed by atoms with Crippen LogP contribution in [0.3, 0.4) is 0 Å². The Labute approximate surface area is 120 Å². The molecule has 0 spiro atoms. The normalized spacial score (nSPS) is 15.7. The SMILES string of the molecule is COC(=O)c1nc(CSC2CCCC2)sc1C(C)=O. The van der Waals surface area contributed by atoms with Crippen LogP contribution in [0, 0.1) is 0 Å². The number of ketones is 1. The van der Waals surface area contributed by atoms with Crippen LogP contribution in [0.4, 0.5) is 0 Å². The number of ether oxygens (including phenoxy) is 1. The summed E-state index contributed by atoms with van der Waals surface area (Å²) in [5.41, 5.74) is 0.169. The zero-order chi connectivity index (χ0) is 13.8. The van der Waals surface area contributed by atoms with Crippen molar-refractivity contribution in [3.05, 3.63) is 15.6 Å². The number of Topliss-reactive ketones (excluding diaryl/α,β-unsaturated/α-hetero) is 1. The molecule has 2 rings (SSSR count). The van der Waals surface area contributed by atoms with Gasteiger partial charge in [-0.05, 0) is 12.8 Å². The molecular formula is C13H17NO3S2. The summed E-state index contributed by atoms with van der Waals surface area (Å²) in [6.07, 6.45) is 5.14. The van der Waals surface area contributed by atoms with Gasteiger partial charge in [0, 0.05) is 17.9 Å². The van der Waals surface area contributed by atoms with Crippen LogP contribution in [0.25, 0.3) is 0 Å². The molecule has 0 radical (unpaired) electrons. The highest BCUT2D eigenvalue weighted by Gasteiger charge is 2.22. The van der Waals surface area contributed by atoms with E-state index in [1.54, 1.807) is 0 Å². The van der Waals surface area contributed by atoms with Crippen molar-refractivity contribution in [3.8, 4) is 0 Å². The van der Waals surface area contributed by atoms with E-state index in [1.807, 2.05) is 11.8 Å². The van der Waals surface area contributed by atoms with Crippen molar-refractivity contribution in [2.24, 2.45) is 0 Å². The molecule has 104 valence electrons. The molecule has 4 nitrogen and oxygen atoms in total. The molecule has 1 aliphatic rings. The number of aromatic nitrogens is 1. The second kappa shape index (κ2) is 6.52. The third-order valence-corrected chi connectivity index (χ3v) is 5.84. The predicted molar refractivity (Wildman–Crippen MR) is 77.0 cm³/mol. The Bertz CT molecular complexity index is 478. The van der Waals surface area contributed by atoms with Crippen LogP contribution in [-0.4, -0.2) is 29.1 Å². The molecule has 0 N–H and O–H groups in total. The lowest BCUT2D eigenvalue weighted by Crippen LogP contribution is -2.07. The molecule has 1 heterocycles. The molecule has 1 aromatic rings. The van der Waals surface area contributed by atoms with E-state index in [1.165, 1.54) is 51.1 Å². The van der Waals surface area contributed by atoms with Gasteiger partial charge in [0.25, 0.3) is 0 Å². The summed E-state index contributed by atoms with van der Waals surface area (Å²) in [6.45, 7) is 1.45. The van der Waals surface area contributed by atoms with Gasteiger partial charge in [0.1, 0.15) is 9.88 Å². The number of hydrogen-bond acceptors (Lipinski definition) is 6. The zero-order valence-corrected chi connectivity index (χ0v) is 12.7. The number of rotatable bonds is 5. The Balaban J connectivity index is 2.08. The number of esters is 1. The van der Waals surface area contributed by atoms with Gasteiger partial charge in [-0.2, -0.15) is 11.8 Å². The molecule has 0 aliphatic heterocycles. The first-order valence-electron chi connectivity index (χ1n) is 6.32. The molecule has 0 atom stereocenters. The molecule has 1 aliphatic carbocycles. The zero-order valence-electron chi connectivity index (χ0n) is 11.1. The summed E-state index contributed by atoms with van der Waals surface area (Å²) in [6, 6.07) is 0. The lowest BCUT2D eigenvalue weighted by molar-refractivity contribution is 0.0591. The highest BCUT2D eigenvalue weighted by molar-refractivity contribution is 7.99. The summed E-state index contributed by atoms with van der Waals surface area (Å²) >= 11 is 3.19. The molecule has 6 heteroatoms. The van der Waals surface area contributed by atoms with Gasteiger partial charge in [-0.3, -0.25) is 4.79 Å². The third-order valence-electron chi connectivity index (χ3n) is 3.11. The van der Waals surface area contributed by atoms with Crippen molar-refractivity contribution in [2.45, 2.75) is 43.6 Å². The van der Waals surface area contributed by atoms with E-state index < -0.39 is 5.97 Å². The first kappa shape index (κ1) is 14.5. The fourth-order valence-corrected chi connectivity index (χ4v) is 4.44. The van der Waals surface area contributed by atoms with Crippen LogP contribution in [0.15, 0.2) is 0 Å². The predicted octanol–water partition coefficient (Wildman–Crippen LogP) is 3.31. The molecular weight excluding hydrogens is 282 g/mol. The van der Waals surface area contributed by atoms with Crippen LogP contribution in [-0.2, 0) is 10.5 Å². The summed E-state index contributed by atoms with van der Waals surface area (Å²) < 4.78 is 4.66. The van der Waals surface area contributed by atoms with Crippen molar-refractivity contribution in [1.82, 2.24) is 4.98 Å². The highest BCUT2D eigenvalue weighted by atomic mass is 32.2. The molecule has 1 fully saturated rings. The van der Waals surface area contributed by atoms with Crippen LogP contribution in [0.2, 0.25) is 0 Å². The minimum absolute atomic E-state index is 0.130. The Morgan fingerprint density at radius 2 is 2.11 bits per heavy atom. The van der Waals surface area contributed by atoms with Crippen LogP contribution < -0.4 is 0 Å². The van der Waals surface area contributed by atoms with E-state index in [0.717, 1.165) is 10.8 Å². The van der Waals surface area contributed by atoms with E-state index in [-0.39, 0.29) is 11.5 Å². The fourth-order valence-electron chi connectivity index (χ4n) is 2.14. The summed E-state index contributed by atoms with van der Waals surface area (Å²) in [7, 11) is 1.30. The number of carbonyl (C=O) groups excluding carboxylic acids is 2. The quantitative estimate of drug-likeness (QED) is 0.616. The van der Waals surface area contributed by atoms with E-state index in [0.29, 0.717) is 10.1 Å². The van der Waals surface area contributed by atoms with Crippen molar-refractivity contribution >= 4 is 34.9 Å². The van der Waals surface area contributed by atoms with Gasteiger partial charge in [0.2, 0.25) is 0 Å². The number of thiazole rings is 1. The van der Waals surface area contributed by atoms with E-state index >= 15 is 0 Å². The monoisotopic (exact) mass is 299 g/mol. The fraction of sp³-hybridized carbons (Fsp3) is 0.615. The average Bonchev–Trinajstić information content (AvgIpc) is 3.04.